The van der Waals surface area contributed by atoms with Crippen LogP contribution in [0.5, 0.6) is 0 Å². The third-order valence-corrected chi connectivity index (χ3v) is 4.09. The SMILES string of the molecule is CC(C)(O)CCN1CCS(=O)(=O)CC1. The molecule has 0 radical (unpaired) electrons. The molecular weight excluding hydrogens is 202 g/mol. The Morgan fingerprint density at radius 1 is 1.29 bits per heavy atom. The van der Waals surface area contributed by atoms with Gasteiger partial charge in [0, 0.05) is 19.6 Å². The third-order valence-electron chi connectivity index (χ3n) is 2.48. The van der Waals surface area contributed by atoms with Crippen LogP contribution in [0.3, 0.4) is 0 Å². The Labute approximate surface area is 85.8 Å². The van der Waals surface area contributed by atoms with Crippen LogP contribution in [-0.4, -0.2) is 55.2 Å². The van der Waals surface area contributed by atoms with Crippen molar-refractivity contribution in [2.45, 2.75) is 25.9 Å². The van der Waals surface area contributed by atoms with E-state index in [1.54, 1.807) is 13.8 Å². The second-order valence-corrected chi connectivity index (χ2v) is 6.86. The van der Waals surface area contributed by atoms with Gasteiger partial charge in [0.1, 0.15) is 0 Å². The standard InChI is InChI=1S/C9H19NO3S/c1-9(2,11)3-4-10-5-7-14(12,13)8-6-10/h11H,3-8H2,1-2H3. The fraction of sp³-hybridized carbons (Fsp3) is 1.00. The lowest BCUT2D eigenvalue weighted by Crippen LogP contribution is -2.42. The molecule has 0 bridgehead atoms. The van der Waals surface area contributed by atoms with Gasteiger partial charge in [-0.25, -0.2) is 8.42 Å². The van der Waals surface area contributed by atoms with Gasteiger partial charge in [0.25, 0.3) is 0 Å². The third kappa shape index (κ3) is 4.39. The van der Waals surface area contributed by atoms with Crippen LogP contribution in [0.1, 0.15) is 20.3 Å². The van der Waals surface area contributed by atoms with Crippen LogP contribution in [-0.2, 0) is 9.84 Å². The molecule has 1 aliphatic heterocycles. The zero-order valence-corrected chi connectivity index (χ0v) is 9.68. The van der Waals surface area contributed by atoms with Gasteiger partial charge < -0.3 is 10.0 Å². The lowest BCUT2D eigenvalue weighted by Gasteiger charge is -2.28. The molecule has 1 aliphatic rings. The van der Waals surface area contributed by atoms with E-state index in [9.17, 15) is 13.5 Å². The van der Waals surface area contributed by atoms with Crippen LogP contribution in [0.4, 0.5) is 0 Å². The molecule has 4 nitrogen and oxygen atoms in total. The maximum atomic E-state index is 11.1. The highest BCUT2D eigenvalue weighted by atomic mass is 32.2. The minimum atomic E-state index is -2.77. The van der Waals surface area contributed by atoms with Crippen molar-refractivity contribution in [3.05, 3.63) is 0 Å². The number of sulfone groups is 1. The molecule has 0 aromatic heterocycles. The van der Waals surface area contributed by atoms with Crippen LogP contribution >= 0.6 is 0 Å². The van der Waals surface area contributed by atoms with Crippen molar-refractivity contribution in [2.75, 3.05) is 31.1 Å². The van der Waals surface area contributed by atoms with Crippen molar-refractivity contribution in [1.82, 2.24) is 4.90 Å². The quantitative estimate of drug-likeness (QED) is 0.722. The summed E-state index contributed by atoms with van der Waals surface area (Å²) in [6.07, 6.45) is 0.688. The van der Waals surface area contributed by atoms with Gasteiger partial charge in [-0.2, -0.15) is 0 Å². The minimum Gasteiger partial charge on any atom is -0.390 e. The van der Waals surface area contributed by atoms with Crippen LogP contribution in [0.2, 0.25) is 0 Å². The van der Waals surface area contributed by atoms with Crippen LogP contribution in [0.25, 0.3) is 0 Å². The molecule has 5 heteroatoms. The molecule has 1 fully saturated rings. The summed E-state index contributed by atoms with van der Waals surface area (Å²) in [5, 5.41) is 9.51. The average molecular weight is 221 g/mol. The number of aliphatic hydroxyl groups is 1. The molecule has 0 spiro atoms. The predicted octanol–water partition coefficient (Wildman–Crippen LogP) is -0.122. The van der Waals surface area contributed by atoms with E-state index in [1.807, 2.05) is 0 Å². The molecule has 1 N–H and O–H groups in total. The first-order valence-electron chi connectivity index (χ1n) is 4.94. The molecule has 0 aliphatic carbocycles. The Kier molecular flexibility index (Phi) is 3.55. The van der Waals surface area contributed by atoms with Gasteiger partial charge in [-0.05, 0) is 20.3 Å². The van der Waals surface area contributed by atoms with E-state index >= 15 is 0 Å². The summed E-state index contributed by atoms with van der Waals surface area (Å²) in [6, 6.07) is 0. The van der Waals surface area contributed by atoms with Gasteiger partial charge in [-0.1, -0.05) is 0 Å². The summed E-state index contributed by atoms with van der Waals surface area (Å²) in [6.45, 7) is 5.54. The Bertz CT molecular complexity index is 265. The average Bonchev–Trinajstić information content (AvgIpc) is 2.01. The lowest BCUT2D eigenvalue weighted by molar-refractivity contribution is 0.0588. The normalized spacial score (nSPS) is 23.6. The maximum absolute atomic E-state index is 11.1. The van der Waals surface area contributed by atoms with Crippen molar-refractivity contribution < 1.29 is 13.5 Å². The second kappa shape index (κ2) is 4.16. The van der Waals surface area contributed by atoms with Gasteiger partial charge >= 0.3 is 0 Å². The molecule has 1 heterocycles. The summed E-state index contributed by atoms with van der Waals surface area (Å²) < 4.78 is 22.2. The first kappa shape index (κ1) is 11.9. The zero-order chi connectivity index (χ0) is 10.8. The van der Waals surface area contributed by atoms with Crippen molar-refractivity contribution in [2.24, 2.45) is 0 Å². The van der Waals surface area contributed by atoms with E-state index < -0.39 is 15.4 Å². The Balaban J connectivity index is 2.30. The van der Waals surface area contributed by atoms with E-state index in [0.717, 1.165) is 6.54 Å². The summed E-state index contributed by atoms with van der Waals surface area (Å²) in [4.78, 5) is 2.10. The van der Waals surface area contributed by atoms with Gasteiger partial charge in [0.15, 0.2) is 9.84 Å². The first-order chi connectivity index (χ1) is 6.29. The molecule has 0 aromatic carbocycles. The molecule has 14 heavy (non-hydrogen) atoms. The molecular formula is C9H19NO3S. The van der Waals surface area contributed by atoms with Gasteiger partial charge in [0.2, 0.25) is 0 Å². The summed E-state index contributed by atoms with van der Waals surface area (Å²) in [5.74, 6) is 0.526. The van der Waals surface area contributed by atoms with E-state index in [1.165, 1.54) is 0 Å². The van der Waals surface area contributed by atoms with E-state index in [0.29, 0.717) is 19.5 Å². The molecule has 0 unspecified atom stereocenters. The smallest absolute Gasteiger partial charge is 0.152 e. The number of hydrogen-bond acceptors (Lipinski definition) is 4. The van der Waals surface area contributed by atoms with Gasteiger partial charge in [-0.15, -0.1) is 0 Å². The summed E-state index contributed by atoms with van der Waals surface area (Å²) >= 11 is 0. The van der Waals surface area contributed by atoms with Crippen LogP contribution in [0, 0.1) is 0 Å². The fourth-order valence-corrected chi connectivity index (χ4v) is 2.68. The first-order valence-corrected chi connectivity index (χ1v) is 6.76. The fourth-order valence-electron chi connectivity index (χ4n) is 1.41. The van der Waals surface area contributed by atoms with Crippen LogP contribution < -0.4 is 0 Å². The largest absolute Gasteiger partial charge is 0.390 e. The molecule has 1 saturated heterocycles. The van der Waals surface area contributed by atoms with E-state index in [2.05, 4.69) is 4.90 Å². The highest BCUT2D eigenvalue weighted by Gasteiger charge is 2.22. The molecule has 0 amide bonds. The van der Waals surface area contributed by atoms with Crippen molar-refractivity contribution in [1.29, 1.82) is 0 Å². The van der Waals surface area contributed by atoms with Crippen molar-refractivity contribution in [3.63, 3.8) is 0 Å². The number of nitrogens with zero attached hydrogens (tertiary/aromatic N) is 1. The minimum absolute atomic E-state index is 0.263. The molecule has 1 rings (SSSR count). The van der Waals surface area contributed by atoms with E-state index in [-0.39, 0.29) is 11.5 Å². The molecule has 0 atom stereocenters. The predicted molar refractivity (Wildman–Crippen MR) is 56.0 cm³/mol. The number of hydrogen-bond donors (Lipinski definition) is 1. The highest BCUT2D eigenvalue weighted by Crippen LogP contribution is 2.10. The van der Waals surface area contributed by atoms with Crippen LogP contribution in [0.15, 0.2) is 0 Å². The zero-order valence-electron chi connectivity index (χ0n) is 8.86. The molecule has 0 saturated carbocycles. The number of rotatable bonds is 3. The maximum Gasteiger partial charge on any atom is 0.152 e. The van der Waals surface area contributed by atoms with E-state index in [4.69, 9.17) is 0 Å². The lowest BCUT2D eigenvalue weighted by atomic mass is 10.1. The summed E-state index contributed by atoms with van der Waals surface area (Å²) in [5.41, 5.74) is -0.656. The highest BCUT2D eigenvalue weighted by molar-refractivity contribution is 7.91. The summed E-state index contributed by atoms with van der Waals surface area (Å²) in [7, 11) is -2.77. The second-order valence-electron chi connectivity index (χ2n) is 4.56. The van der Waals surface area contributed by atoms with Crippen molar-refractivity contribution >= 4 is 9.84 Å². The van der Waals surface area contributed by atoms with Crippen molar-refractivity contribution in [3.8, 4) is 0 Å². The Morgan fingerprint density at radius 2 is 1.79 bits per heavy atom. The van der Waals surface area contributed by atoms with Gasteiger partial charge in [-0.3, -0.25) is 0 Å². The Hall–Kier alpha value is -0.130. The Morgan fingerprint density at radius 3 is 2.21 bits per heavy atom. The van der Waals surface area contributed by atoms with Gasteiger partial charge in [0.05, 0.1) is 17.1 Å². The molecule has 84 valence electrons. The monoisotopic (exact) mass is 221 g/mol. The molecule has 0 aromatic rings. The topological polar surface area (TPSA) is 57.6 Å².